The highest BCUT2D eigenvalue weighted by Crippen LogP contribution is 2.41. The molecule has 4 rings (SSSR count). The van der Waals surface area contributed by atoms with Crippen molar-refractivity contribution in [2.45, 2.75) is 32.7 Å². The fourth-order valence-electron chi connectivity index (χ4n) is 3.91. The summed E-state index contributed by atoms with van der Waals surface area (Å²) >= 11 is 0. The summed E-state index contributed by atoms with van der Waals surface area (Å²) in [5, 5.41) is 7.53. The van der Waals surface area contributed by atoms with Crippen LogP contribution in [-0.4, -0.2) is 21.5 Å². The number of hydrogen-bond donors (Lipinski definition) is 1. The number of nitrogens with one attached hydrogen (secondary N) is 1. The van der Waals surface area contributed by atoms with Crippen molar-refractivity contribution in [2.75, 3.05) is 0 Å². The van der Waals surface area contributed by atoms with Gasteiger partial charge in [0.1, 0.15) is 0 Å². The minimum Gasteiger partial charge on any atom is -0.342 e. The third-order valence-electron chi connectivity index (χ3n) is 5.23. The van der Waals surface area contributed by atoms with Gasteiger partial charge in [0.15, 0.2) is 0 Å². The smallest absolute Gasteiger partial charge is 0.292 e. The van der Waals surface area contributed by atoms with E-state index in [0.717, 1.165) is 29.8 Å². The lowest BCUT2D eigenvalue weighted by Crippen LogP contribution is -2.39. The molecule has 28 heavy (non-hydrogen) atoms. The van der Waals surface area contributed by atoms with Gasteiger partial charge in [-0.25, -0.2) is 4.68 Å². The standard InChI is InChI=1S/C23H23N3O2/c1-23(2)13-19(25-22(28)21(27)16-9-5-3-6-10-16)18-15-24-26(20(18)14-23)17-11-7-4-8-12-17/h3-12,15,19H,13-14H2,1-2H3,(H,25,28)/t19-/m1/s1. The maximum atomic E-state index is 12.6. The molecule has 0 fully saturated rings. The van der Waals surface area contributed by atoms with Crippen LogP contribution in [0.25, 0.3) is 5.69 Å². The van der Waals surface area contributed by atoms with Crippen LogP contribution in [0, 0.1) is 5.41 Å². The zero-order chi connectivity index (χ0) is 19.7. The van der Waals surface area contributed by atoms with E-state index in [4.69, 9.17) is 0 Å². The summed E-state index contributed by atoms with van der Waals surface area (Å²) in [4.78, 5) is 25.1. The number of hydrogen-bond acceptors (Lipinski definition) is 3. The number of nitrogens with zero attached hydrogens (tertiary/aromatic N) is 2. The molecule has 142 valence electrons. The molecule has 0 saturated carbocycles. The van der Waals surface area contributed by atoms with Gasteiger partial charge in [0.2, 0.25) is 5.78 Å². The Bertz CT molecular complexity index is 1010. The van der Waals surface area contributed by atoms with Crippen molar-refractivity contribution in [2.24, 2.45) is 5.41 Å². The van der Waals surface area contributed by atoms with E-state index in [1.807, 2.05) is 47.3 Å². The topological polar surface area (TPSA) is 64.0 Å². The molecule has 1 aliphatic carbocycles. The first-order valence-electron chi connectivity index (χ1n) is 9.47. The van der Waals surface area contributed by atoms with Gasteiger partial charge in [0.05, 0.1) is 23.6 Å². The van der Waals surface area contributed by atoms with E-state index < -0.39 is 11.7 Å². The van der Waals surface area contributed by atoms with E-state index in [1.165, 1.54) is 0 Å². The highest BCUT2D eigenvalue weighted by atomic mass is 16.2. The normalized spacial score (nSPS) is 17.6. The molecular formula is C23H23N3O2. The summed E-state index contributed by atoms with van der Waals surface area (Å²) in [5.41, 5.74) is 3.44. The Labute approximate surface area is 164 Å². The van der Waals surface area contributed by atoms with Gasteiger partial charge in [0, 0.05) is 11.1 Å². The van der Waals surface area contributed by atoms with E-state index in [0.29, 0.717) is 5.56 Å². The van der Waals surface area contributed by atoms with Crippen LogP contribution in [0.15, 0.2) is 66.9 Å². The van der Waals surface area contributed by atoms with Gasteiger partial charge in [-0.3, -0.25) is 9.59 Å². The van der Waals surface area contributed by atoms with Gasteiger partial charge in [0.25, 0.3) is 5.91 Å². The van der Waals surface area contributed by atoms with Crippen LogP contribution < -0.4 is 5.32 Å². The van der Waals surface area contributed by atoms with Crippen LogP contribution in [0.1, 0.15) is 47.9 Å². The first-order chi connectivity index (χ1) is 13.4. The van der Waals surface area contributed by atoms with Crippen molar-refractivity contribution >= 4 is 11.7 Å². The molecule has 0 bridgehead atoms. The highest BCUT2D eigenvalue weighted by molar-refractivity contribution is 6.42. The van der Waals surface area contributed by atoms with Crippen LogP contribution in [0.4, 0.5) is 0 Å². The maximum absolute atomic E-state index is 12.6. The Morgan fingerprint density at radius 1 is 1.04 bits per heavy atom. The number of ketones is 1. The second-order valence-corrected chi connectivity index (χ2v) is 8.06. The summed E-state index contributed by atoms with van der Waals surface area (Å²) in [7, 11) is 0. The maximum Gasteiger partial charge on any atom is 0.292 e. The van der Waals surface area contributed by atoms with Gasteiger partial charge in [-0.1, -0.05) is 62.4 Å². The lowest BCUT2D eigenvalue weighted by atomic mass is 9.74. The first kappa shape index (κ1) is 18.2. The van der Waals surface area contributed by atoms with Crippen molar-refractivity contribution in [3.63, 3.8) is 0 Å². The van der Waals surface area contributed by atoms with Crippen LogP contribution >= 0.6 is 0 Å². The minimum atomic E-state index is -0.577. The molecule has 3 aromatic rings. The van der Waals surface area contributed by atoms with Crippen molar-refractivity contribution in [1.82, 2.24) is 15.1 Å². The molecule has 0 unspecified atom stereocenters. The predicted octanol–water partition coefficient (Wildman–Crippen LogP) is 3.88. The Kier molecular flexibility index (Phi) is 4.59. The number of rotatable bonds is 4. The fraction of sp³-hybridized carbons (Fsp3) is 0.261. The van der Waals surface area contributed by atoms with E-state index in [2.05, 4.69) is 24.3 Å². The van der Waals surface area contributed by atoms with Crippen molar-refractivity contribution in [3.8, 4) is 5.69 Å². The average molecular weight is 373 g/mol. The van der Waals surface area contributed by atoms with Crippen LogP contribution in [0.2, 0.25) is 0 Å². The molecule has 0 spiro atoms. The van der Waals surface area contributed by atoms with E-state index in [-0.39, 0.29) is 11.5 Å². The Morgan fingerprint density at radius 3 is 2.36 bits per heavy atom. The average Bonchev–Trinajstić information content (AvgIpc) is 3.11. The Morgan fingerprint density at radius 2 is 1.68 bits per heavy atom. The molecule has 0 aliphatic heterocycles. The lowest BCUT2D eigenvalue weighted by Gasteiger charge is -2.35. The molecule has 5 heteroatoms. The van der Waals surface area contributed by atoms with Gasteiger partial charge < -0.3 is 5.32 Å². The second kappa shape index (κ2) is 7.08. The number of para-hydroxylation sites is 1. The summed E-state index contributed by atoms with van der Waals surface area (Å²) in [6.45, 7) is 4.35. The number of amides is 1. The molecule has 0 saturated heterocycles. The Hall–Kier alpha value is -3.21. The molecule has 2 aromatic carbocycles. The van der Waals surface area contributed by atoms with Crippen LogP contribution in [0.3, 0.4) is 0 Å². The van der Waals surface area contributed by atoms with E-state index in [1.54, 1.807) is 24.3 Å². The van der Waals surface area contributed by atoms with Gasteiger partial charge in [-0.15, -0.1) is 0 Å². The van der Waals surface area contributed by atoms with Crippen molar-refractivity contribution < 1.29 is 9.59 Å². The minimum absolute atomic E-state index is 0.0205. The van der Waals surface area contributed by atoms with Crippen molar-refractivity contribution in [3.05, 3.63) is 83.7 Å². The second-order valence-electron chi connectivity index (χ2n) is 8.06. The third kappa shape index (κ3) is 3.48. The molecule has 1 amide bonds. The lowest BCUT2D eigenvalue weighted by molar-refractivity contribution is -0.118. The quantitative estimate of drug-likeness (QED) is 0.557. The predicted molar refractivity (Wildman–Crippen MR) is 107 cm³/mol. The molecule has 5 nitrogen and oxygen atoms in total. The van der Waals surface area contributed by atoms with Gasteiger partial charge in [-0.2, -0.15) is 5.10 Å². The molecule has 1 aliphatic rings. The zero-order valence-electron chi connectivity index (χ0n) is 16.1. The van der Waals surface area contributed by atoms with Crippen LogP contribution in [-0.2, 0) is 11.2 Å². The van der Waals surface area contributed by atoms with Crippen LogP contribution in [0.5, 0.6) is 0 Å². The summed E-state index contributed by atoms with van der Waals surface area (Å²) in [6, 6.07) is 18.4. The number of aromatic nitrogens is 2. The number of carbonyl (C=O) groups excluding carboxylic acids is 2. The SMILES string of the molecule is CC1(C)Cc2c(cnn2-c2ccccc2)[C@H](NC(=O)C(=O)c2ccccc2)C1. The fourth-order valence-corrected chi connectivity index (χ4v) is 3.91. The molecular weight excluding hydrogens is 350 g/mol. The molecule has 0 radical (unpaired) electrons. The molecule has 1 aromatic heterocycles. The number of Topliss-reactive ketones (excluding diaryl/α,β-unsaturated/α-hetero) is 1. The van der Waals surface area contributed by atoms with Crippen molar-refractivity contribution in [1.29, 1.82) is 0 Å². The molecule has 1 heterocycles. The van der Waals surface area contributed by atoms with Gasteiger partial charge >= 0.3 is 0 Å². The summed E-state index contributed by atoms with van der Waals surface area (Å²) < 4.78 is 1.94. The number of benzene rings is 2. The molecule has 1 N–H and O–H groups in total. The highest BCUT2D eigenvalue weighted by Gasteiger charge is 2.36. The van der Waals surface area contributed by atoms with Gasteiger partial charge in [-0.05, 0) is 30.4 Å². The summed E-state index contributed by atoms with van der Waals surface area (Å²) in [5.74, 6) is -1.09. The number of carbonyl (C=O) groups is 2. The third-order valence-corrected chi connectivity index (χ3v) is 5.23. The monoisotopic (exact) mass is 373 g/mol. The summed E-state index contributed by atoms with van der Waals surface area (Å²) in [6.07, 6.45) is 3.43. The largest absolute Gasteiger partial charge is 0.342 e. The number of fused-ring (bicyclic) bond motifs is 1. The zero-order valence-corrected chi connectivity index (χ0v) is 16.1. The Balaban J connectivity index is 1.64. The van der Waals surface area contributed by atoms with E-state index >= 15 is 0 Å². The molecule has 1 atom stereocenters. The van der Waals surface area contributed by atoms with E-state index in [9.17, 15) is 9.59 Å². The first-order valence-corrected chi connectivity index (χ1v) is 9.47.